The van der Waals surface area contributed by atoms with E-state index in [4.69, 9.17) is 0 Å². The van der Waals surface area contributed by atoms with Crippen LogP contribution in [0.5, 0.6) is 0 Å². The fraction of sp³-hybridized carbons (Fsp3) is 0.364. The van der Waals surface area contributed by atoms with E-state index in [1.54, 1.807) is 16.7 Å². The molecule has 76 valence electrons. The summed E-state index contributed by atoms with van der Waals surface area (Å²) in [6.45, 7) is 0.695. The first kappa shape index (κ1) is 11.1. The fourth-order valence-electron chi connectivity index (χ4n) is 1.18. The number of carbonyl (C=O) groups excluding carboxylic acids is 1. The number of benzene rings is 1. The topological polar surface area (TPSA) is 20.3 Å². The molecule has 1 aromatic carbocycles. The van der Waals surface area contributed by atoms with Crippen LogP contribution in [-0.2, 0) is 11.3 Å². The molecule has 1 aromatic rings. The van der Waals surface area contributed by atoms with E-state index in [1.165, 1.54) is 5.56 Å². The van der Waals surface area contributed by atoms with Crippen LogP contribution in [0.3, 0.4) is 0 Å². The molecule has 0 saturated carbocycles. The van der Waals surface area contributed by atoms with E-state index in [9.17, 15) is 4.79 Å². The van der Waals surface area contributed by atoms with Crippen LogP contribution in [-0.4, -0.2) is 29.9 Å². The summed E-state index contributed by atoms with van der Waals surface area (Å²) in [5, 5.41) is 0. The normalized spacial score (nSPS) is 9.86. The number of nitrogens with zero attached hydrogens (tertiary/aromatic N) is 1. The van der Waals surface area contributed by atoms with Gasteiger partial charge in [-0.25, -0.2) is 0 Å². The third kappa shape index (κ3) is 3.42. The Bertz CT molecular complexity index is 287. The van der Waals surface area contributed by atoms with Gasteiger partial charge in [0, 0.05) is 13.6 Å². The highest BCUT2D eigenvalue weighted by Gasteiger charge is 2.07. The van der Waals surface area contributed by atoms with Crippen LogP contribution in [0.1, 0.15) is 5.56 Å². The molecule has 0 spiro atoms. The Morgan fingerprint density at radius 1 is 1.36 bits per heavy atom. The first-order valence-electron chi connectivity index (χ1n) is 4.51. The van der Waals surface area contributed by atoms with E-state index in [0.29, 0.717) is 12.3 Å². The summed E-state index contributed by atoms with van der Waals surface area (Å²) in [6, 6.07) is 10.0. The average Bonchev–Trinajstić information content (AvgIpc) is 2.19. The Morgan fingerprint density at radius 3 is 2.57 bits per heavy atom. The van der Waals surface area contributed by atoms with Gasteiger partial charge in [0.2, 0.25) is 5.91 Å². The predicted molar refractivity (Wildman–Crippen MR) is 61.3 cm³/mol. The first-order valence-corrected chi connectivity index (χ1v) is 5.90. The van der Waals surface area contributed by atoms with Crippen LogP contribution >= 0.6 is 11.8 Å². The third-order valence-electron chi connectivity index (χ3n) is 1.96. The van der Waals surface area contributed by atoms with Crippen molar-refractivity contribution in [2.75, 3.05) is 19.1 Å². The van der Waals surface area contributed by atoms with Crippen molar-refractivity contribution in [3.05, 3.63) is 35.9 Å². The van der Waals surface area contributed by atoms with Gasteiger partial charge in [-0.3, -0.25) is 4.79 Å². The van der Waals surface area contributed by atoms with Gasteiger partial charge in [-0.2, -0.15) is 11.8 Å². The minimum Gasteiger partial charge on any atom is -0.341 e. The highest BCUT2D eigenvalue weighted by molar-refractivity contribution is 7.99. The SMILES string of the molecule is CSCC(=O)N(C)Cc1ccccc1. The second kappa shape index (κ2) is 5.70. The van der Waals surface area contributed by atoms with E-state index >= 15 is 0 Å². The largest absolute Gasteiger partial charge is 0.341 e. The number of rotatable bonds is 4. The van der Waals surface area contributed by atoms with Crippen LogP contribution in [0.2, 0.25) is 0 Å². The summed E-state index contributed by atoms with van der Waals surface area (Å²) >= 11 is 1.56. The maximum Gasteiger partial charge on any atom is 0.232 e. The highest BCUT2D eigenvalue weighted by Crippen LogP contribution is 2.04. The molecule has 1 rings (SSSR count). The van der Waals surface area contributed by atoms with E-state index < -0.39 is 0 Å². The smallest absolute Gasteiger partial charge is 0.232 e. The molecule has 0 aliphatic rings. The summed E-state index contributed by atoms with van der Waals surface area (Å²) in [7, 11) is 1.84. The van der Waals surface area contributed by atoms with Gasteiger partial charge in [0.05, 0.1) is 5.75 Å². The maximum absolute atomic E-state index is 11.5. The van der Waals surface area contributed by atoms with Gasteiger partial charge in [0.1, 0.15) is 0 Å². The zero-order valence-corrected chi connectivity index (χ0v) is 9.38. The second-order valence-corrected chi connectivity index (χ2v) is 4.03. The van der Waals surface area contributed by atoms with Gasteiger partial charge in [0.25, 0.3) is 0 Å². The van der Waals surface area contributed by atoms with E-state index in [0.717, 1.165) is 0 Å². The lowest BCUT2D eigenvalue weighted by atomic mass is 10.2. The Balaban J connectivity index is 2.49. The number of hydrogen-bond acceptors (Lipinski definition) is 2. The number of carbonyl (C=O) groups is 1. The molecular weight excluding hydrogens is 194 g/mol. The molecule has 0 aliphatic heterocycles. The molecule has 0 heterocycles. The molecule has 14 heavy (non-hydrogen) atoms. The zero-order chi connectivity index (χ0) is 10.4. The lowest BCUT2D eigenvalue weighted by Crippen LogP contribution is -2.27. The lowest BCUT2D eigenvalue weighted by Gasteiger charge is -2.16. The standard InChI is InChI=1S/C11H15NOS/c1-12(11(13)9-14-2)8-10-6-4-3-5-7-10/h3-7H,8-9H2,1-2H3. The van der Waals surface area contributed by atoms with Crippen molar-refractivity contribution in [1.29, 1.82) is 0 Å². The summed E-state index contributed by atoms with van der Waals surface area (Å²) in [6.07, 6.45) is 1.94. The summed E-state index contributed by atoms with van der Waals surface area (Å²) in [5.41, 5.74) is 1.17. The molecule has 0 radical (unpaired) electrons. The van der Waals surface area contributed by atoms with E-state index in [1.807, 2.05) is 43.6 Å². The minimum atomic E-state index is 0.182. The van der Waals surface area contributed by atoms with Crippen LogP contribution in [0.4, 0.5) is 0 Å². The molecule has 0 atom stereocenters. The Kier molecular flexibility index (Phi) is 4.53. The van der Waals surface area contributed by atoms with Crippen molar-refractivity contribution in [2.24, 2.45) is 0 Å². The molecule has 0 unspecified atom stereocenters. The Morgan fingerprint density at radius 2 is 2.00 bits per heavy atom. The molecule has 1 amide bonds. The second-order valence-electron chi connectivity index (χ2n) is 3.17. The molecule has 0 saturated heterocycles. The van der Waals surface area contributed by atoms with Crippen LogP contribution in [0, 0.1) is 0 Å². The fourth-order valence-corrected chi connectivity index (χ4v) is 1.65. The molecule has 3 heteroatoms. The Labute approximate surface area is 89.3 Å². The van der Waals surface area contributed by atoms with Crippen molar-refractivity contribution >= 4 is 17.7 Å². The average molecular weight is 209 g/mol. The van der Waals surface area contributed by atoms with Gasteiger partial charge in [-0.1, -0.05) is 30.3 Å². The number of hydrogen-bond donors (Lipinski definition) is 0. The molecule has 0 fully saturated rings. The summed E-state index contributed by atoms with van der Waals surface area (Å²) < 4.78 is 0. The van der Waals surface area contributed by atoms with Crippen LogP contribution in [0.25, 0.3) is 0 Å². The zero-order valence-electron chi connectivity index (χ0n) is 8.56. The Hall–Kier alpha value is -0.960. The molecule has 0 N–H and O–H groups in total. The number of thioether (sulfide) groups is 1. The summed E-state index contributed by atoms with van der Waals surface area (Å²) in [4.78, 5) is 13.2. The molecule has 0 aliphatic carbocycles. The van der Waals surface area contributed by atoms with Crippen molar-refractivity contribution in [3.8, 4) is 0 Å². The predicted octanol–water partition coefficient (Wildman–Crippen LogP) is 2.01. The van der Waals surface area contributed by atoms with Gasteiger partial charge >= 0.3 is 0 Å². The van der Waals surface area contributed by atoms with Crippen molar-refractivity contribution in [1.82, 2.24) is 4.90 Å². The van der Waals surface area contributed by atoms with Gasteiger partial charge in [-0.05, 0) is 11.8 Å². The monoisotopic (exact) mass is 209 g/mol. The maximum atomic E-state index is 11.5. The third-order valence-corrected chi connectivity index (χ3v) is 2.49. The van der Waals surface area contributed by atoms with Crippen LogP contribution in [0.15, 0.2) is 30.3 Å². The molecule has 0 bridgehead atoms. The molecule has 0 aromatic heterocycles. The molecule has 2 nitrogen and oxygen atoms in total. The summed E-state index contributed by atoms with van der Waals surface area (Å²) in [5.74, 6) is 0.741. The van der Waals surface area contributed by atoms with Crippen molar-refractivity contribution in [3.63, 3.8) is 0 Å². The van der Waals surface area contributed by atoms with Crippen molar-refractivity contribution < 1.29 is 4.79 Å². The van der Waals surface area contributed by atoms with Crippen LogP contribution < -0.4 is 0 Å². The van der Waals surface area contributed by atoms with E-state index in [2.05, 4.69) is 0 Å². The van der Waals surface area contributed by atoms with Gasteiger partial charge in [0.15, 0.2) is 0 Å². The highest BCUT2D eigenvalue weighted by atomic mass is 32.2. The molecular formula is C11H15NOS. The minimum absolute atomic E-state index is 0.182. The van der Waals surface area contributed by atoms with Gasteiger partial charge < -0.3 is 4.90 Å². The van der Waals surface area contributed by atoms with Gasteiger partial charge in [-0.15, -0.1) is 0 Å². The van der Waals surface area contributed by atoms with E-state index in [-0.39, 0.29) is 5.91 Å². The van der Waals surface area contributed by atoms with Crippen molar-refractivity contribution in [2.45, 2.75) is 6.54 Å². The quantitative estimate of drug-likeness (QED) is 0.756. The number of amides is 1. The first-order chi connectivity index (χ1) is 6.74. The lowest BCUT2D eigenvalue weighted by molar-refractivity contribution is -0.127.